The van der Waals surface area contributed by atoms with E-state index in [1.165, 1.54) is 17.2 Å². The van der Waals surface area contributed by atoms with E-state index in [0.29, 0.717) is 12.2 Å². The number of nitrogens with zero attached hydrogens (tertiary/aromatic N) is 3. The summed E-state index contributed by atoms with van der Waals surface area (Å²) in [6.45, 7) is 3.53. The molecule has 162 valence electrons. The minimum atomic E-state index is -0.498. The topological polar surface area (TPSA) is 97.2 Å². The van der Waals surface area contributed by atoms with Crippen LogP contribution in [0, 0.1) is 98.2 Å². The molecule has 11 heteroatoms. The summed E-state index contributed by atoms with van der Waals surface area (Å²) < 4.78 is 1.91. The van der Waals surface area contributed by atoms with E-state index in [0.717, 1.165) is 52.5 Å². The molecule has 0 saturated heterocycles. The van der Waals surface area contributed by atoms with Crippen LogP contribution in [0.25, 0.3) is 11.5 Å². The van der Waals surface area contributed by atoms with Gasteiger partial charge in [0.25, 0.3) is 5.69 Å². The summed E-state index contributed by atoms with van der Waals surface area (Å²) in [7, 11) is 4.05. The van der Waals surface area contributed by atoms with Crippen LogP contribution >= 0.6 is 31.9 Å². The van der Waals surface area contributed by atoms with E-state index in [9.17, 15) is 10.1 Å². The Kier molecular flexibility index (Phi) is 13.0. The van der Waals surface area contributed by atoms with Gasteiger partial charge in [-0.2, -0.15) is 0 Å². The van der Waals surface area contributed by atoms with Gasteiger partial charge in [-0.3, -0.25) is 10.1 Å². The zero-order chi connectivity index (χ0) is 21.3. The van der Waals surface area contributed by atoms with Crippen molar-refractivity contribution in [3.63, 3.8) is 0 Å². The molecule has 2 aliphatic heterocycles. The Labute approximate surface area is 271 Å². The minimum absolute atomic E-state index is 0. The van der Waals surface area contributed by atoms with Crippen molar-refractivity contribution < 1.29 is 93.0 Å². The molecule has 0 spiro atoms. The molecule has 2 aromatic carbocycles. The molecule has 2 radical (unpaired) electrons. The maximum absolute atomic E-state index is 10.8. The van der Waals surface area contributed by atoms with E-state index >= 15 is 0 Å². The third-order valence-electron chi connectivity index (χ3n) is 5.39. The molecule has 4 rings (SSSR count). The average Bonchev–Trinajstić information content (AvgIpc) is 2.68. The SMILES string of the molecule is CN1CCc2c(Br)cc([N+](=O)[O-])c([NH-])c2C1.CN1CCc2c(Br)ccc([NH-])c2C1.[Ac].[Ac]. The second-order valence-electron chi connectivity index (χ2n) is 7.49. The van der Waals surface area contributed by atoms with Crippen molar-refractivity contribution in [1.29, 1.82) is 0 Å². The molecule has 0 unspecified atom stereocenters. The molecule has 2 aliphatic rings. The first kappa shape index (κ1) is 30.2. The van der Waals surface area contributed by atoms with E-state index in [1.807, 2.05) is 19.2 Å². The molecule has 7 nitrogen and oxygen atoms in total. The third kappa shape index (κ3) is 7.34. The molecular formula is C20H23Ac2Br2N5O2-2. The van der Waals surface area contributed by atoms with Crippen LogP contribution in [-0.2, 0) is 25.9 Å². The number of hydrogen-bond donors (Lipinski definition) is 0. The second-order valence-corrected chi connectivity index (χ2v) is 9.20. The monoisotopic (exact) mass is 977 g/mol. The fourth-order valence-electron chi connectivity index (χ4n) is 3.74. The summed E-state index contributed by atoms with van der Waals surface area (Å²) in [5, 5.41) is 10.8. The number of nitrogens with one attached hydrogen (secondary N) is 2. The molecule has 0 amide bonds. The molecule has 31 heavy (non-hydrogen) atoms. The number of hydrogen-bond acceptors (Lipinski definition) is 4. The maximum atomic E-state index is 10.8. The van der Waals surface area contributed by atoms with Crippen LogP contribution < -0.4 is 0 Å². The van der Waals surface area contributed by atoms with Crippen molar-refractivity contribution >= 4 is 48.9 Å². The van der Waals surface area contributed by atoms with E-state index < -0.39 is 4.92 Å². The van der Waals surface area contributed by atoms with Gasteiger partial charge in [-0.15, -0.1) is 5.69 Å². The van der Waals surface area contributed by atoms with Gasteiger partial charge in [-0.05, 0) is 55.3 Å². The summed E-state index contributed by atoms with van der Waals surface area (Å²) in [5.41, 5.74) is 20.6. The average molecular weight is 979 g/mol. The quantitative estimate of drug-likeness (QED) is 0.253. The molecule has 0 fully saturated rings. The van der Waals surface area contributed by atoms with E-state index in [-0.39, 0.29) is 99.5 Å². The van der Waals surface area contributed by atoms with Crippen LogP contribution in [0.3, 0.4) is 0 Å². The Hall–Kier alpha value is 1.20. The van der Waals surface area contributed by atoms with E-state index in [4.69, 9.17) is 11.5 Å². The molecule has 2 heterocycles. The Bertz CT molecular complexity index is 962. The Morgan fingerprint density at radius 3 is 1.97 bits per heavy atom. The van der Waals surface area contributed by atoms with Gasteiger partial charge < -0.3 is 21.3 Å². The molecule has 2 N–H and O–H groups in total. The molecule has 0 bridgehead atoms. The maximum Gasteiger partial charge on any atom is 0.255 e. The minimum Gasteiger partial charge on any atom is -0.698 e. The number of nitro groups is 1. The van der Waals surface area contributed by atoms with Crippen molar-refractivity contribution in [2.45, 2.75) is 25.9 Å². The number of halogens is 2. The first-order valence-corrected chi connectivity index (χ1v) is 10.9. The number of rotatable bonds is 1. The van der Waals surface area contributed by atoms with Crippen molar-refractivity contribution in [2.24, 2.45) is 0 Å². The van der Waals surface area contributed by atoms with Crippen LogP contribution in [0.1, 0.15) is 22.3 Å². The summed E-state index contributed by atoms with van der Waals surface area (Å²) >= 11 is 6.88. The van der Waals surface area contributed by atoms with Gasteiger partial charge >= 0.3 is 0 Å². The molecule has 2 aromatic rings. The fourth-order valence-corrected chi connectivity index (χ4v) is 4.96. The predicted molar refractivity (Wildman–Crippen MR) is 123 cm³/mol. The molecular weight excluding hydrogens is 956 g/mol. The van der Waals surface area contributed by atoms with Crippen LogP contribution in [-0.4, -0.2) is 41.9 Å². The third-order valence-corrected chi connectivity index (χ3v) is 6.84. The summed E-state index contributed by atoms with van der Waals surface area (Å²) in [5.74, 6) is 0. The van der Waals surface area contributed by atoms with Crippen LogP contribution in [0.5, 0.6) is 0 Å². The van der Waals surface area contributed by atoms with E-state index in [1.54, 1.807) is 0 Å². The van der Waals surface area contributed by atoms with Gasteiger partial charge in [0.05, 0.1) is 4.92 Å². The Morgan fingerprint density at radius 1 is 0.903 bits per heavy atom. The first-order valence-electron chi connectivity index (χ1n) is 9.28. The van der Waals surface area contributed by atoms with Crippen molar-refractivity contribution in [2.75, 3.05) is 27.2 Å². The Morgan fingerprint density at radius 2 is 1.42 bits per heavy atom. The van der Waals surface area contributed by atoms with Crippen molar-refractivity contribution in [3.05, 3.63) is 71.0 Å². The number of benzene rings is 2. The zero-order valence-electron chi connectivity index (χ0n) is 17.5. The van der Waals surface area contributed by atoms with Gasteiger partial charge in [0.15, 0.2) is 0 Å². The predicted octanol–water partition coefficient (Wildman–Crippen LogP) is 6.15. The van der Waals surface area contributed by atoms with E-state index in [2.05, 4.69) is 48.7 Å². The summed E-state index contributed by atoms with van der Waals surface area (Å²) in [6.07, 6.45) is 1.88. The van der Waals surface area contributed by atoms with Crippen molar-refractivity contribution in [1.82, 2.24) is 9.80 Å². The van der Waals surface area contributed by atoms with Gasteiger partial charge in [-0.1, -0.05) is 43.6 Å². The Balaban J connectivity index is 0.000000296. The normalized spacial score (nSPS) is 15.4. The molecule has 0 aliphatic carbocycles. The zero-order valence-corrected chi connectivity index (χ0v) is 30.2. The van der Waals surface area contributed by atoms with Crippen LogP contribution in [0.4, 0.5) is 17.1 Å². The van der Waals surface area contributed by atoms with Crippen LogP contribution in [0.15, 0.2) is 27.1 Å². The first-order chi connectivity index (χ1) is 13.7. The molecule has 0 aromatic heterocycles. The van der Waals surface area contributed by atoms with Gasteiger partial charge in [-0.25, -0.2) is 0 Å². The molecule has 0 saturated carbocycles. The second kappa shape index (κ2) is 13.3. The van der Waals surface area contributed by atoms with Crippen molar-refractivity contribution in [3.8, 4) is 0 Å². The summed E-state index contributed by atoms with van der Waals surface area (Å²) in [4.78, 5) is 14.6. The van der Waals surface area contributed by atoms with Gasteiger partial charge in [0, 0.05) is 129 Å². The summed E-state index contributed by atoms with van der Waals surface area (Å²) in [6, 6.07) is 5.28. The standard InChI is InChI=1S/C10H11BrN3O2.C10H12BrN2.2Ac/c1-13-3-2-6-7(5-13)10(12)9(14(15)16)4-8(6)11;1-13-5-4-7-8(6-13)10(12)3-2-9(7)11;;/h4,12H,2-3,5H2,1H3;2-3,12H,4-6H2,1H3;;/q2*-1;;. The molecule has 0 atom stereocenters. The number of likely N-dealkylation sites (N-methyl/N-ethyl adjacent to an activating group) is 2. The van der Waals surface area contributed by atoms with Gasteiger partial charge in [0.2, 0.25) is 0 Å². The largest absolute Gasteiger partial charge is 0.698 e. The fraction of sp³-hybridized carbons (Fsp3) is 0.400. The number of fused-ring (bicyclic) bond motifs is 2. The van der Waals surface area contributed by atoms with Crippen LogP contribution in [0.2, 0.25) is 0 Å². The van der Waals surface area contributed by atoms with Gasteiger partial charge in [0.1, 0.15) is 0 Å². The smallest absolute Gasteiger partial charge is 0.255 e. The number of nitro benzene ring substituents is 1.